The lowest BCUT2D eigenvalue weighted by Gasteiger charge is -2.09. The van der Waals surface area contributed by atoms with Crippen molar-refractivity contribution in [2.24, 2.45) is 5.10 Å². The predicted molar refractivity (Wildman–Crippen MR) is 135 cm³/mol. The normalized spacial score (nSPS) is 11.3. The highest BCUT2D eigenvalue weighted by atomic mass is 79.9. The van der Waals surface area contributed by atoms with E-state index in [1.54, 1.807) is 42.5 Å². The van der Waals surface area contributed by atoms with E-state index in [9.17, 15) is 14.9 Å². The van der Waals surface area contributed by atoms with Gasteiger partial charge in [-0.3, -0.25) is 14.9 Å². The molecule has 0 saturated carbocycles. The van der Waals surface area contributed by atoms with Crippen molar-refractivity contribution in [1.82, 2.24) is 9.66 Å². The Labute approximate surface area is 207 Å². The van der Waals surface area contributed by atoms with Crippen LogP contribution in [0.15, 0.2) is 75.0 Å². The highest BCUT2D eigenvalue weighted by molar-refractivity contribution is 9.10. The maximum atomic E-state index is 13.0. The molecule has 0 unspecified atom stereocenters. The molecule has 4 rings (SSSR count). The van der Waals surface area contributed by atoms with Crippen molar-refractivity contribution in [3.8, 4) is 5.75 Å². The van der Waals surface area contributed by atoms with Gasteiger partial charge in [-0.15, -0.1) is 0 Å². The Morgan fingerprint density at radius 1 is 1.18 bits per heavy atom. The van der Waals surface area contributed by atoms with Crippen molar-refractivity contribution in [2.75, 3.05) is 0 Å². The largest absolute Gasteiger partial charge is 0.482 e. The summed E-state index contributed by atoms with van der Waals surface area (Å²) < 4.78 is 7.63. The Balaban J connectivity index is 1.64. The molecule has 0 aliphatic carbocycles. The van der Waals surface area contributed by atoms with Crippen molar-refractivity contribution < 1.29 is 9.66 Å². The van der Waals surface area contributed by atoms with Gasteiger partial charge in [-0.05, 0) is 48.0 Å². The van der Waals surface area contributed by atoms with Crippen molar-refractivity contribution >= 4 is 50.3 Å². The quantitative estimate of drug-likeness (QED) is 0.169. The van der Waals surface area contributed by atoms with Crippen molar-refractivity contribution in [3.63, 3.8) is 0 Å². The summed E-state index contributed by atoms with van der Waals surface area (Å²) >= 11 is 9.25. The maximum Gasteiger partial charge on any atom is 0.311 e. The molecule has 172 valence electrons. The summed E-state index contributed by atoms with van der Waals surface area (Å²) in [5.41, 5.74) is 1.31. The van der Waals surface area contributed by atoms with Crippen molar-refractivity contribution in [3.05, 3.63) is 108 Å². The van der Waals surface area contributed by atoms with Gasteiger partial charge in [-0.2, -0.15) is 9.78 Å². The van der Waals surface area contributed by atoms with Gasteiger partial charge in [0, 0.05) is 27.5 Å². The molecule has 0 saturated heterocycles. The molecule has 0 amide bonds. The number of aromatic nitrogens is 2. The number of nitrogens with zero attached hydrogens (tertiary/aromatic N) is 4. The molecule has 4 aromatic rings. The Hall–Kier alpha value is -3.56. The number of aryl methyl sites for hydroxylation is 1. The van der Waals surface area contributed by atoms with Crippen LogP contribution in [0.25, 0.3) is 10.9 Å². The molecule has 0 atom stereocenters. The van der Waals surface area contributed by atoms with Gasteiger partial charge < -0.3 is 4.74 Å². The average molecular weight is 542 g/mol. The van der Waals surface area contributed by atoms with E-state index in [1.807, 2.05) is 13.0 Å². The van der Waals surface area contributed by atoms with Crippen LogP contribution in [0.1, 0.15) is 23.9 Å². The third kappa shape index (κ3) is 5.16. The summed E-state index contributed by atoms with van der Waals surface area (Å²) in [4.78, 5) is 28.6. The zero-order valence-corrected chi connectivity index (χ0v) is 20.3. The van der Waals surface area contributed by atoms with Gasteiger partial charge in [0.25, 0.3) is 5.56 Å². The fourth-order valence-corrected chi connectivity index (χ4v) is 3.78. The van der Waals surface area contributed by atoms with Gasteiger partial charge in [0.2, 0.25) is 0 Å². The zero-order chi connectivity index (χ0) is 24.2. The van der Waals surface area contributed by atoms with E-state index in [2.05, 4.69) is 26.0 Å². The van der Waals surface area contributed by atoms with Gasteiger partial charge in [0.15, 0.2) is 5.75 Å². The first-order valence-electron chi connectivity index (χ1n) is 10.3. The second-order valence-electron chi connectivity index (χ2n) is 7.30. The average Bonchev–Trinajstić information content (AvgIpc) is 2.83. The number of rotatable bonds is 7. The zero-order valence-electron chi connectivity index (χ0n) is 17.9. The van der Waals surface area contributed by atoms with Gasteiger partial charge >= 0.3 is 5.69 Å². The summed E-state index contributed by atoms with van der Waals surface area (Å²) in [5.74, 6) is 0.606. The SMILES string of the molecule is CCc1nc2ccc(Br)cc2c(=O)n1N=Cc1ccc(OCc2ccc(Cl)cc2)c([N+](=O)[O-])c1. The first-order valence-corrected chi connectivity index (χ1v) is 11.4. The number of halogens is 2. The smallest absolute Gasteiger partial charge is 0.311 e. The molecule has 1 heterocycles. The highest BCUT2D eigenvalue weighted by Gasteiger charge is 2.16. The summed E-state index contributed by atoms with van der Waals surface area (Å²) in [6.45, 7) is 2.02. The number of hydrogen-bond donors (Lipinski definition) is 0. The fraction of sp³-hybridized carbons (Fsp3) is 0.125. The van der Waals surface area contributed by atoms with E-state index in [0.717, 1.165) is 10.0 Å². The monoisotopic (exact) mass is 540 g/mol. The number of ether oxygens (including phenoxy) is 1. The van der Waals surface area contributed by atoms with Gasteiger partial charge in [0.05, 0.1) is 22.0 Å². The minimum Gasteiger partial charge on any atom is -0.482 e. The first kappa shape index (κ1) is 23.6. The number of nitro groups is 1. The van der Waals surface area contributed by atoms with Crippen LogP contribution in [0.5, 0.6) is 5.75 Å². The molecular formula is C24H18BrClN4O4. The standard InChI is InChI=1S/C24H18BrClN4O4/c1-2-23-28-20-9-6-17(25)12-19(20)24(31)29(23)27-13-16-5-10-22(21(11-16)30(32)33)34-14-15-3-7-18(26)8-4-15/h3-13H,2,14H2,1H3. The summed E-state index contributed by atoms with van der Waals surface area (Å²) in [7, 11) is 0. The number of fused-ring (bicyclic) bond motifs is 1. The number of nitro benzene ring substituents is 1. The van der Waals surface area contributed by atoms with E-state index in [1.165, 1.54) is 23.0 Å². The Morgan fingerprint density at radius 3 is 2.65 bits per heavy atom. The Kier molecular flexibility index (Phi) is 7.04. The van der Waals surface area contributed by atoms with Crippen molar-refractivity contribution in [1.29, 1.82) is 0 Å². The van der Waals surface area contributed by atoms with Crippen LogP contribution in [-0.4, -0.2) is 20.8 Å². The van der Waals surface area contributed by atoms with E-state index in [4.69, 9.17) is 16.3 Å². The predicted octanol–water partition coefficient (Wildman–Crippen LogP) is 5.74. The highest BCUT2D eigenvalue weighted by Crippen LogP contribution is 2.28. The second kappa shape index (κ2) is 10.1. The van der Waals surface area contributed by atoms with E-state index >= 15 is 0 Å². The Morgan fingerprint density at radius 2 is 1.94 bits per heavy atom. The van der Waals surface area contributed by atoms with Crippen LogP contribution in [0, 0.1) is 10.1 Å². The molecule has 0 aliphatic heterocycles. The van der Waals surface area contributed by atoms with Crippen molar-refractivity contribution in [2.45, 2.75) is 20.0 Å². The minimum atomic E-state index is -0.521. The lowest BCUT2D eigenvalue weighted by atomic mass is 10.2. The van der Waals surface area contributed by atoms with Gasteiger partial charge in [0.1, 0.15) is 12.4 Å². The van der Waals surface area contributed by atoms with Gasteiger partial charge in [-0.25, -0.2) is 4.98 Å². The minimum absolute atomic E-state index is 0.126. The molecule has 0 radical (unpaired) electrons. The van der Waals surface area contributed by atoms with E-state index in [-0.39, 0.29) is 23.6 Å². The molecule has 10 heteroatoms. The molecule has 3 aromatic carbocycles. The topological polar surface area (TPSA) is 99.6 Å². The molecular weight excluding hydrogens is 524 g/mol. The fourth-order valence-electron chi connectivity index (χ4n) is 3.29. The molecule has 0 N–H and O–H groups in total. The van der Waals surface area contributed by atoms with Crippen LogP contribution in [-0.2, 0) is 13.0 Å². The molecule has 0 bridgehead atoms. The molecule has 34 heavy (non-hydrogen) atoms. The first-order chi connectivity index (χ1) is 16.4. The molecule has 0 fully saturated rings. The molecule has 0 spiro atoms. The maximum absolute atomic E-state index is 13.0. The van der Waals surface area contributed by atoms with Crippen LogP contribution in [0.2, 0.25) is 5.02 Å². The summed E-state index contributed by atoms with van der Waals surface area (Å²) in [5, 5.41) is 16.9. The molecule has 8 nitrogen and oxygen atoms in total. The number of benzene rings is 3. The summed E-state index contributed by atoms with van der Waals surface area (Å²) in [6.07, 6.45) is 1.87. The molecule has 0 aliphatic rings. The second-order valence-corrected chi connectivity index (χ2v) is 8.66. The number of hydrogen-bond acceptors (Lipinski definition) is 6. The van der Waals surface area contributed by atoms with Crippen LogP contribution >= 0.6 is 27.5 Å². The Bertz CT molecular complexity index is 1470. The summed E-state index contributed by atoms with van der Waals surface area (Å²) in [6, 6.07) is 16.8. The third-order valence-electron chi connectivity index (χ3n) is 5.00. The van der Waals surface area contributed by atoms with Crippen LogP contribution in [0.4, 0.5) is 5.69 Å². The van der Waals surface area contributed by atoms with Gasteiger partial charge in [-0.1, -0.05) is 46.6 Å². The van der Waals surface area contributed by atoms with E-state index < -0.39 is 4.92 Å². The van der Waals surface area contributed by atoms with Crippen LogP contribution in [0.3, 0.4) is 0 Å². The van der Waals surface area contributed by atoms with Crippen LogP contribution < -0.4 is 10.3 Å². The lowest BCUT2D eigenvalue weighted by molar-refractivity contribution is -0.385. The third-order valence-corrected chi connectivity index (χ3v) is 5.75. The lowest BCUT2D eigenvalue weighted by Crippen LogP contribution is -2.22. The molecule has 1 aromatic heterocycles. The van der Waals surface area contributed by atoms with E-state index in [0.29, 0.717) is 33.7 Å².